The molecule has 1 N–H and O–H groups in total. The molecule has 120 valence electrons. The van der Waals surface area contributed by atoms with Crippen molar-refractivity contribution in [3.05, 3.63) is 76.0 Å². The number of rotatable bonds is 6. The number of nitrogens with zero attached hydrogens (tertiary/aromatic N) is 2. The van der Waals surface area contributed by atoms with Gasteiger partial charge in [0.15, 0.2) is 0 Å². The number of furan rings is 1. The molecule has 23 heavy (non-hydrogen) atoms. The maximum Gasteiger partial charge on any atom is 0.117 e. The topological polar surface area (TPSA) is 43.0 Å². The van der Waals surface area contributed by atoms with E-state index in [0.717, 1.165) is 34.3 Å². The molecule has 0 saturated heterocycles. The Morgan fingerprint density at radius 1 is 1.13 bits per heavy atom. The standard InChI is InChI=1S/C18H20ClN3O/c1-13-17(11-20-10-16-7-5-9-23-16)14(2)22(21-13)12-15-6-3-4-8-18(15)19/h3-9,20H,10-12H2,1-2H3. The Kier molecular flexibility index (Phi) is 4.84. The fourth-order valence-corrected chi connectivity index (χ4v) is 2.85. The Morgan fingerprint density at radius 3 is 2.70 bits per heavy atom. The third kappa shape index (κ3) is 3.66. The Labute approximate surface area is 141 Å². The fourth-order valence-electron chi connectivity index (χ4n) is 2.66. The molecule has 3 rings (SSSR count). The summed E-state index contributed by atoms with van der Waals surface area (Å²) in [7, 11) is 0. The van der Waals surface area contributed by atoms with Gasteiger partial charge in [-0.3, -0.25) is 4.68 Å². The normalized spacial score (nSPS) is 11.1. The molecule has 0 atom stereocenters. The third-order valence-corrected chi connectivity index (χ3v) is 4.36. The van der Waals surface area contributed by atoms with Crippen LogP contribution in [0.5, 0.6) is 0 Å². The Hall–Kier alpha value is -2.04. The third-order valence-electron chi connectivity index (χ3n) is 3.99. The lowest BCUT2D eigenvalue weighted by molar-refractivity contribution is 0.482. The first-order chi connectivity index (χ1) is 11.1. The molecule has 5 heteroatoms. The van der Waals surface area contributed by atoms with E-state index in [-0.39, 0.29) is 0 Å². The van der Waals surface area contributed by atoms with E-state index in [4.69, 9.17) is 16.0 Å². The van der Waals surface area contributed by atoms with Crippen molar-refractivity contribution < 1.29 is 4.42 Å². The van der Waals surface area contributed by atoms with Crippen LogP contribution in [0.15, 0.2) is 47.1 Å². The summed E-state index contributed by atoms with van der Waals surface area (Å²) >= 11 is 6.25. The van der Waals surface area contributed by atoms with Gasteiger partial charge in [-0.2, -0.15) is 5.10 Å². The van der Waals surface area contributed by atoms with Crippen molar-refractivity contribution in [1.29, 1.82) is 0 Å². The first-order valence-corrected chi connectivity index (χ1v) is 8.02. The lowest BCUT2D eigenvalue weighted by Crippen LogP contribution is -2.13. The summed E-state index contributed by atoms with van der Waals surface area (Å²) in [5, 5.41) is 8.83. The quantitative estimate of drug-likeness (QED) is 0.741. The largest absolute Gasteiger partial charge is 0.468 e. The summed E-state index contributed by atoms with van der Waals surface area (Å²) < 4.78 is 7.35. The lowest BCUT2D eigenvalue weighted by atomic mass is 10.2. The highest BCUT2D eigenvalue weighted by molar-refractivity contribution is 6.31. The molecule has 0 aliphatic rings. The van der Waals surface area contributed by atoms with E-state index >= 15 is 0 Å². The second-order valence-electron chi connectivity index (χ2n) is 5.58. The zero-order chi connectivity index (χ0) is 16.2. The van der Waals surface area contributed by atoms with E-state index in [9.17, 15) is 0 Å². The smallest absolute Gasteiger partial charge is 0.117 e. The molecule has 0 aliphatic carbocycles. The van der Waals surface area contributed by atoms with Crippen LogP contribution in [-0.4, -0.2) is 9.78 Å². The molecule has 4 nitrogen and oxygen atoms in total. The number of benzene rings is 1. The van der Waals surface area contributed by atoms with Crippen LogP contribution >= 0.6 is 11.6 Å². The number of hydrogen-bond donors (Lipinski definition) is 1. The predicted molar refractivity (Wildman–Crippen MR) is 91.5 cm³/mol. The van der Waals surface area contributed by atoms with E-state index in [1.165, 1.54) is 5.56 Å². The van der Waals surface area contributed by atoms with E-state index in [0.29, 0.717) is 13.1 Å². The number of hydrogen-bond acceptors (Lipinski definition) is 3. The Balaban J connectivity index is 1.70. The maximum absolute atomic E-state index is 6.25. The maximum atomic E-state index is 6.25. The molecule has 0 amide bonds. The van der Waals surface area contributed by atoms with Crippen molar-refractivity contribution in [3.63, 3.8) is 0 Å². The zero-order valence-corrected chi connectivity index (χ0v) is 14.1. The molecule has 2 aromatic heterocycles. The summed E-state index contributed by atoms with van der Waals surface area (Å²) in [6, 6.07) is 11.8. The SMILES string of the molecule is Cc1nn(Cc2ccccc2Cl)c(C)c1CNCc1ccco1. The summed E-state index contributed by atoms with van der Waals surface area (Å²) in [5.41, 5.74) is 4.51. The monoisotopic (exact) mass is 329 g/mol. The van der Waals surface area contributed by atoms with Crippen LogP contribution in [-0.2, 0) is 19.6 Å². The molecule has 0 saturated carbocycles. The van der Waals surface area contributed by atoms with Gasteiger partial charge >= 0.3 is 0 Å². The molecule has 0 aliphatic heterocycles. The number of aryl methyl sites for hydroxylation is 1. The fraction of sp³-hybridized carbons (Fsp3) is 0.278. The molecule has 2 heterocycles. The molecule has 1 aromatic carbocycles. The molecular formula is C18H20ClN3O. The van der Waals surface area contributed by atoms with E-state index in [1.807, 2.05) is 48.0 Å². The minimum Gasteiger partial charge on any atom is -0.468 e. The molecule has 0 spiro atoms. The predicted octanol–water partition coefficient (Wildman–Crippen LogP) is 4.08. The highest BCUT2D eigenvalue weighted by Crippen LogP contribution is 2.19. The van der Waals surface area contributed by atoms with Crippen LogP contribution in [0.4, 0.5) is 0 Å². The molecule has 0 fully saturated rings. The van der Waals surface area contributed by atoms with E-state index < -0.39 is 0 Å². The zero-order valence-electron chi connectivity index (χ0n) is 13.3. The first kappa shape index (κ1) is 15.8. The molecule has 0 unspecified atom stereocenters. The Bertz CT molecular complexity index is 778. The van der Waals surface area contributed by atoms with E-state index in [2.05, 4.69) is 17.3 Å². The number of nitrogens with one attached hydrogen (secondary N) is 1. The lowest BCUT2D eigenvalue weighted by Gasteiger charge is -2.08. The van der Waals surface area contributed by atoms with Gasteiger partial charge in [-0.1, -0.05) is 29.8 Å². The number of aromatic nitrogens is 2. The first-order valence-electron chi connectivity index (χ1n) is 7.64. The van der Waals surface area contributed by atoms with Crippen LogP contribution in [0.25, 0.3) is 0 Å². The van der Waals surface area contributed by atoms with Gasteiger partial charge in [0.1, 0.15) is 5.76 Å². The highest BCUT2D eigenvalue weighted by atomic mass is 35.5. The molecule has 3 aromatic rings. The van der Waals surface area contributed by atoms with E-state index in [1.54, 1.807) is 6.26 Å². The van der Waals surface area contributed by atoms with Gasteiger partial charge in [0, 0.05) is 22.8 Å². The summed E-state index contributed by atoms with van der Waals surface area (Å²) in [5.74, 6) is 0.934. The highest BCUT2D eigenvalue weighted by Gasteiger charge is 2.12. The van der Waals surface area contributed by atoms with Gasteiger partial charge in [0.25, 0.3) is 0 Å². The van der Waals surface area contributed by atoms with Gasteiger partial charge < -0.3 is 9.73 Å². The minimum absolute atomic E-state index is 0.685. The van der Waals surface area contributed by atoms with Gasteiger partial charge in [-0.15, -0.1) is 0 Å². The van der Waals surface area contributed by atoms with Crippen LogP contribution in [0, 0.1) is 13.8 Å². The molecular weight excluding hydrogens is 310 g/mol. The van der Waals surface area contributed by atoms with Crippen molar-refractivity contribution in [2.24, 2.45) is 0 Å². The summed E-state index contributed by atoms with van der Waals surface area (Å²) in [6.07, 6.45) is 1.69. The second kappa shape index (κ2) is 7.02. The van der Waals surface area contributed by atoms with Gasteiger partial charge in [-0.25, -0.2) is 0 Å². The number of halogens is 1. The van der Waals surface area contributed by atoms with Crippen molar-refractivity contribution >= 4 is 11.6 Å². The van der Waals surface area contributed by atoms with Crippen LogP contribution < -0.4 is 5.32 Å². The minimum atomic E-state index is 0.685. The summed E-state index contributed by atoms with van der Waals surface area (Å²) in [4.78, 5) is 0. The van der Waals surface area contributed by atoms with Gasteiger partial charge in [0.2, 0.25) is 0 Å². The van der Waals surface area contributed by atoms with Crippen molar-refractivity contribution in [3.8, 4) is 0 Å². The van der Waals surface area contributed by atoms with Crippen LogP contribution in [0.3, 0.4) is 0 Å². The van der Waals surface area contributed by atoms with Gasteiger partial charge in [0.05, 0.1) is 25.0 Å². The van der Waals surface area contributed by atoms with Crippen LogP contribution in [0.2, 0.25) is 5.02 Å². The molecule has 0 radical (unpaired) electrons. The van der Waals surface area contributed by atoms with Crippen LogP contribution in [0.1, 0.15) is 28.3 Å². The average Bonchev–Trinajstić information content (AvgIpc) is 3.13. The summed E-state index contributed by atoms with van der Waals surface area (Å²) in [6.45, 7) is 6.30. The van der Waals surface area contributed by atoms with Crippen molar-refractivity contribution in [2.75, 3.05) is 0 Å². The Morgan fingerprint density at radius 2 is 1.96 bits per heavy atom. The second-order valence-corrected chi connectivity index (χ2v) is 5.99. The van der Waals surface area contributed by atoms with Crippen molar-refractivity contribution in [1.82, 2.24) is 15.1 Å². The average molecular weight is 330 g/mol. The van der Waals surface area contributed by atoms with Gasteiger partial charge in [-0.05, 0) is 37.6 Å². The molecule has 0 bridgehead atoms. The van der Waals surface area contributed by atoms with Crippen molar-refractivity contribution in [2.45, 2.75) is 33.5 Å².